The maximum atomic E-state index is 12.7. The van der Waals surface area contributed by atoms with Crippen molar-refractivity contribution in [1.29, 1.82) is 0 Å². The molecule has 0 aromatic heterocycles. The summed E-state index contributed by atoms with van der Waals surface area (Å²) in [7, 11) is 1.58. The summed E-state index contributed by atoms with van der Waals surface area (Å²) in [6.07, 6.45) is 49.2. The Balaban J connectivity index is 3.93. The van der Waals surface area contributed by atoms with E-state index >= 15 is 0 Å². The van der Waals surface area contributed by atoms with Crippen molar-refractivity contribution < 1.29 is 32.9 Å². The van der Waals surface area contributed by atoms with E-state index < -0.39 is 20.0 Å². The van der Waals surface area contributed by atoms with E-state index in [4.69, 9.17) is 9.05 Å². The highest BCUT2D eigenvalue weighted by molar-refractivity contribution is 7.47. The lowest BCUT2D eigenvalue weighted by Crippen LogP contribution is -2.45. The van der Waals surface area contributed by atoms with E-state index in [9.17, 15) is 19.4 Å². The van der Waals surface area contributed by atoms with Gasteiger partial charge in [-0.05, 0) is 19.3 Å². The van der Waals surface area contributed by atoms with E-state index in [2.05, 4.69) is 19.2 Å². The first-order chi connectivity index (χ1) is 28.0. The third kappa shape index (κ3) is 43.3. The minimum Gasteiger partial charge on any atom is -0.387 e. The van der Waals surface area contributed by atoms with Crippen LogP contribution in [0.4, 0.5) is 0 Å². The first kappa shape index (κ1) is 57.2. The van der Waals surface area contributed by atoms with Crippen molar-refractivity contribution in [3.05, 3.63) is 12.2 Å². The molecule has 346 valence electrons. The minimum atomic E-state index is -4.32. The molecule has 0 aromatic carbocycles. The normalized spacial score (nSPS) is 14.3. The minimum absolute atomic E-state index is 0.0639. The largest absolute Gasteiger partial charge is 0.472 e. The van der Waals surface area contributed by atoms with Crippen LogP contribution in [-0.2, 0) is 18.4 Å². The standard InChI is InChI=1S/C49H99N2O6P/c1-6-8-10-12-14-15-16-17-18-19-20-21-22-23-24-25-26-27-28-29-30-31-32-33-34-35-36-37-38-40-42-48(52)47(50-49(53)43-41-39-13-11-9-7-2)46-57-58(54,55)56-45-44-51(3,4)5/h40,42,47-48,52H,6-39,41,43-46H2,1-5H3,(H-,50,53,54,55)/p+1/b42-40+. The lowest BCUT2D eigenvalue weighted by Gasteiger charge is -2.25. The number of phosphoric acid groups is 1. The Bertz CT molecular complexity index is 958. The summed E-state index contributed by atoms with van der Waals surface area (Å²) in [5.74, 6) is -0.184. The van der Waals surface area contributed by atoms with Crippen LogP contribution in [0.2, 0.25) is 0 Å². The van der Waals surface area contributed by atoms with Gasteiger partial charge in [-0.25, -0.2) is 4.57 Å². The second-order valence-corrected chi connectivity index (χ2v) is 20.0. The molecule has 3 unspecified atom stereocenters. The highest BCUT2D eigenvalue weighted by atomic mass is 31.2. The van der Waals surface area contributed by atoms with Crippen LogP contribution in [0.15, 0.2) is 12.2 Å². The summed E-state index contributed by atoms with van der Waals surface area (Å²) in [5.41, 5.74) is 0. The van der Waals surface area contributed by atoms with Crippen LogP contribution in [0.3, 0.4) is 0 Å². The van der Waals surface area contributed by atoms with Crippen molar-refractivity contribution in [1.82, 2.24) is 5.32 Å². The number of phosphoric ester groups is 1. The molecule has 0 spiro atoms. The van der Waals surface area contributed by atoms with E-state index in [1.165, 1.54) is 193 Å². The number of carbonyl (C=O) groups is 1. The van der Waals surface area contributed by atoms with Crippen LogP contribution in [0.1, 0.15) is 245 Å². The maximum absolute atomic E-state index is 12.7. The topological polar surface area (TPSA) is 105 Å². The first-order valence-corrected chi connectivity index (χ1v) is 26.6. The van der Waals surface area contributed by atoms with E-state index in [-0.39, 0.29) is 19.1 Å². The number of likely N-dealkylation sites (N-methyl/N-ethyl adjacent to an activating group) is 1. The van der Waals surface area contributed by atoms with Gasteiger partial charge in [-0.2, -0.15) is 0 Å². The number of quaternary nitrogens is 1. The summed E-state index contributed by atoms with van der Waals surface area (Å²) in [6, 6.07) is -0.838. The Morgan fingerprint density at radius 2 is 0.914 bits per heavy atom. The van der Waals surface area contributed by atoms with E-state index in [1.54, 1.807) is 6.08 Å². The van der Waals surface area contributed by atoms with Gasteiger partial charge in [-0.15, -0.1) is 0 Å². The third-order valence-electron chi connectivity index (χ3n) is 11.5. The Morgan fingerprint density at radius 3 is 1.28 bits per heavy atom. The van der Waals surface area contributed by atoms with Crippen LogP contribution in [0.5, 0.6) is 0 Å². The Kier molecular flexibility index (Phi) is 41.0. The number of aliphatic hydroxyl groups is 1. The molecule has 58 heavy (non-hydrogen) atoms. The number of carbonyl (C=O) groups excluding carboxylic acids is 1. The zero-order valence-electron chi connectivity index (χ0n) is 39.3. The highest BCUT2D eigenvalue weighted by Gasteiger charge is 2.27. The van der Waals surface area contributed by atoms with Crippen molar-refractivity contribution >= 4 is 13.7 Å². The monoisotopic (exact) mass is 844 g/mol. The van der Waals surface area contributed by atoms with Gasteiger partial charge in [-0.3, -0.25) is 13.8 Å². The Labute approximate surface area is 361 Å². The maximum Gasteiger partial charge on any atom is 0.472 e. The van der Waals surface area contributed by atoms with Gasteiger partial charge < -0.3 is 19.8 Å². The predicted octanol–water partition coefficient (Wildman–Crippen LogP) is 14.3. The van der Waals surface area contributed by atoms with Crippen LogP contribution < -0.4 is 5.32 Å². The van der Waals surface area contributed by atoms with Gasteiger partial charge in [0, 0.05) is 6.42 Å². The van der Waals surface area contributed by atoms with Crippen molar-refractivity contribution in [2.24, 2.45) is 0 Å². The number of aliphatic hydroxyl groups excluding tert-OH is 1. The van der Waals surface area contributed by atoms with E-state index in [0.29, 0.717) is 17.4 Å². The molecule has 0 heterocycles. The van der Waals surface area contributed by atoms with Gasteiger partial charge in [0.25, 0.3) is 0 Å². The fourth-order valence-corrected chi connectivity index (χ4v) is 8.25. The summed E-state index contributed by atoms with van der Waals surface area (Å²) in [6.45, 7) is 4.77. The molecule has 0 radical (unpaired) electrons. The van der Waals surface area contributed by atoms with Crippen molar-refractivity contribution in [2.45, 2.75) is 257 Å². The fraction of sp³-hybridized carbons (Fsp3) is 0.939. The molecular formula is C49H100N2O6P+. The van der Waals surface area contributed by atoms with Crippen LogP contribution in [-0.4, -0.2) is 73.4 Å². The second-order valence-electron chi connectivity index (χ2n) is 18.6. The molecule has 0 rings (SSSR count). The third-order valence-corrected chi connectivity index (χ3v) is 12.5. The molecule has 0 aliphatic heterocycles. The quantitative estimate of drug-likeness (QED) is 0.0244. The average molecular weight is 844 g/mol. The molecule has 9 heteroatoms. The van der Waals surface area contributed by atoms with Crippen LogP contribution >= 0.6 is 7.82 Å². The SMILES string of the molecule is CCCCCCCCCCCCCCCCCCCCCCCCCCCCCC/C=C/C(O)C(COP(=O)(O)OCC[N+](C)(C)C)NC(=O)CCCCCCCC. The number of allylic oxidation sites excluding steroid dienone is 1. The number of hydrogen-bond donors (Lipinski definition) is 3. The summed E-state index contributed by atoms with van der Waals surface area (Å²) in [5, 5.41) is 13.8. The lowest BCUT2D eigenvalue weighted by molar-refractivity contribution is -0.870. The number of amides is 1. The zero-order valence-corrected chi connectivity index (χ0v) is 40.2. The smallest absolute Gasteiger partial charge is 0.387 e. The molecule has 8 nitrogen and oxygen atoms in total. The molecule has 0 aliphatic rings. The van der Waals surface area contributed by atoms with E-state index in [1.807, 2.05) is 27.2 Å². The van der Waals surface area contributed by atoms with Crippen molar-refractivity contribution in [2.75, 3.05) is 40.9 Å². The highest BCUT2D eigenvalue weighted by Crippen LogP contribution is 2.43. The molecule has 0 aliphatic carbocycles. The number of unbranched alkanes of at least 4 members (excludes halogenated alkanes) is 33. The Hall–Kier alpha value is -0.760. The number of hydrogen-bond acceptors (Lipinski definition) is 5. The summed E-state index contributed by atoms with van der Waals surface area (Å²) in [4.78, 5) is 22.9. The van der Waals surface area contributed by atoms with E-state index in [0.717, 1.165) is 32.1 Å². The molecule has 3 N–H and O–H groups in total. The molecule has 1 amide bonds. The fourth-order valence-electron chi connectivity index (χ4n) is 7.51. The van der Waals surface area contributed by atoms with Crippen LogP contribution in [0.25, 0.3) is 0 Å². The van der Waals surface area contributed by atoms with Gasteiger partial charge in [0.1, 0.15) is 13.2 Å². The van der Waals surface area contributed by atoms with Gasteiger partial charge >= 0.3 is 7.82 Å². The molecule has 0 fully saturated rings. The Morgan fingerprint density at radius 1 is 0.569 bits per heavy atom. The second kappa shape index (κ2) is 41.6. The molecule has 0 aromatic rings. The molecule has 0 bridgehead atoms. The average Bonchev–Trinajstić information content (AvgIpc) is 3.17. The van der Waals surface area contributed by atoms with Crippen LogP contribution in [0, 0.1) is 0 Å². The zero-order chi connectivity index (χ0) is 42.8. The van der Waals surface area contributed by atoms with Gasteiger partial charge in [0.2, 0.25) is 5.91 Å². The van der Waals surface area contributed by atoms with Crippen molar-refractivity contribution in [3.8, 4) is 0 Å². The number of nitrogens with one attached hydrogen (secondary N) is 1. The van der Waals surface area contributed by atoms with Crippen molar-refractivity contribution in [3.63, 3.8) is 0 Å². The van der Waals surface area contributed by atoms with Gasteiger partial charge in [0.15, 0.2) is 0 Å². The molecule has 0 saturated heterocycles. The predicted molar refractivity (Wildman–Crippen MR) is 249 cm³/mol. The van der Waals surface area contributed by atoms with Gasteiger partial charge in [0.05, 0.1) is 39.9 Å². The molecule has 3 atom stereocenters. The molecule has 0 saturated carbocycles. The number of nitrogens with zero attached hydrogens (tertiary/aromatic N) is 1. The molecular weight excluding hydrogens is 744 g/mol. The summed E-state index contributed by atoms with van der Waals surface area (Å²) < 4.78 is 23.5. The van der Waals surface area contributed by atoms with Gasteiger partial charge in [-0.1, -0.05) is 231 Å². The summed E-state index contributed by atoms with van der Waals surface area (Å²) >= 11 is 0. The first-order valence-electron chi connectivity index (χ1n) is 25.1. The lowest BCUT2D eigenvalue weighted by atomic mass is 10.0. The number of rotatable bonds is 46.